The highest BCUT2D eigenvalue weighted by Gasteiger charge is 2.21. The van der Waals surface area contributed by atoms with Crippen LogP contribution in [0.1, 0.15) is 22.8 Å². The Labute approximate surface area is 135 Å². The van der Waals surface area contributed by atoms with E-state index < -0.39 is 17.0 Å². The van der Waals surface area contributed by atoms with E-state index in [1.54, 1.807) is 13.0 Å². The van der Waals surface area contributed by atoms with E-state index in [4.69, 9.17) is 28.5 Å². The average molecular weight is 337 g/mol. The van der Waals surface area contributed by atoms with Crippen molar-refractivity contribution in [1.29, 1.82) is 5.26 Å². The van der Waals surface area contributed by atoms with Gasteiger partial charge in [0.2, 0.25) is 0 Å². The van der Waals surface area contributed by atoms with E-state index in [9.17, 15) is 14.7 Å². The zero-order chi connectivity index (χ0) is 16.4. The van der Waals surface area contributed by atoms with Gasteiger partial charge in [-0.3, -0.25) is 4.79 Å². The molecule has 0 atom stereocenters. The summed E-state index contributed by atoms with van der Waals surface area (Å²) < 4.78 is 1.50. The van der Waals surface area contributed by atoms with Crippen LogP contribution in [-0.4, -0.2) is 15.6 Å². The average Bonchev–Trinajstić information content (AvgIpc) is 2.46. The molecule has 1 heterocycles. The number of hydrogen-bond acceptors (Lipinski definition) is 3. The van der Waals surface area contributed by atoms with Gasteiger partial charge in [-0.2, -0.15) is 5.26 Å². The quantitative estimate of drug-likeness (QED) is 0.870. The molecule has 5 nitrogen and oxygen atoms in total. The Balaban J connectivity index is 2.93. The molecule has 1 N–H and O–H groups in total. The van der Waals surface area contributed by atoms with Gasteiger partial charge in [0.1, 0.15) is 16.8 Å². The molecular formula is C15H10Cl2N2O3. The molecule has 2 aromatic rings. The monoisotopic (exact) mass is 336 g/mol. The second kappa shape index (κ2) is 6.22. The maximum atomic E-state index is 12.0. The van der Waals surface area contributed by atoms with Crippen LogP contribution in [0, 0.1) is 11.3 Å². The number of halogens is 2. The Bertz CT molecular complexity index is 866. The fourth-order valence-corrected chi connectivity index (χ4v) is 2.65. The minimum atomic E-state index is -1.35. The van der Waals surface area contributed by atoms with Crippen molar-refractivity contribution in [2.24, 2.45) is 0 Å². The van der Waals surface area contributed by atoms with Crippen molar-refractivity contribution in [3.8, 4) is 17.3 Å². The van der Waals surface area contributed by atoms with E-state index in [1.165, 1.54) is 16.7 Å². The molecule has 7 heteroatoms. The van der Waals surface area contributed by atoms with E-state index in [0.717, 1.165) is 6.07 Å². The van der Waals surface area contributed by atoms with Gasteiger partial charge < -0.3 is 9.67 Å². The lowest BCUT2D eigenvalue weighted by Crippen LogP contribution is -2.21. The normalized spacial score (nSPS) is 10.3. The van der Waals surface area contributed by atoms with Crippen molar-refractivity contribution in [2.75, 3.05) is 0 Å². The summed E-state index contributed by atoms with van der Waals surface area (Å²) in [5.41, 5.74) is -0.353. The Hall–Kier alpha value is -2.29. The van der Waals surface area contributed by atoms with Gasteiger partial charge in [-0.15, -0.1) is 0 Å². The summed E-state index contributed by atoms with van der Waals surface area (Å²) in [6.45, 7) is 2.13. The minimum absolute atomic E-state index is 0.126. The van der Waals surface area contributed by atoms with Crippen LogP contribution in [0.25, 0.3) is 11.3 Å². The van der Waals surface area contributed by atoms with Crippen LogP contribution in [0.2, 0.25) is 10.2 Å². The molecule has 1 aromatic heterocycles. The number of carboxylic acid groups (broad SMARTS) is 1. The van der Waals surface area contributed by atoms with E-state index in [0.29, 0.717) is 12.1 Å². The molecule has 0 aliphatic carbocycles. The van der Waals surface area contributed by atoms with Crippen LogP contribution >= 0.6 is 23.2 Å². The number of carboxylic acids is 1. The Kier molecular flexibility index (Phi) is 4.55. The van der Waals surface area contributed by atoms with Gasteiger partial charge in [0.25, 0.3) is 0 Å². The summed E-state index contributed by atoms with van der Waals surface area (Å²) in [7, 11) is 0. The highest BCUT2D eigenvalue weighted by molar-refractivity contribution is 6.32. The third-order valence-electron chi connectivity index (χ3n) is 3.15. The fourth-order valence-electron chi connectivity index (χ4n) is 2.19. The Morgan fingerprint density at radius 1 is 1.36 bits per heavy atom. The van der Waals surface area contributed by atoms with Crippen molar-refractivity contribution < 1.29 is 9.90 Å². The van der Waals surface area contributed by atoms with E-state index in [2.05, 4.69) is 0 Å². The van der Waals surface area contributed by atoms with E-state index in [1.807, 2.05) is 6.07 Å². The summed E-state index contributed by atoms with van der Waals surface area (Å²) in [6.07, 6.45) is 0. The lowest BCUT2D eigenvalue weighted by molar-refractivity contribution is 0.0695. The Morgan fingerprint density at radius 2 is 2.05 bits per heavy atom. The molecule has 2 rings (SSSR count). The maximum absolute atomic E-state index is 12.0. The summed E-state index contributed by atoms with van der Waals surface area (Å²) in [6, 6.07) is 7.45. The van der Waals surface area contributed by atoms with Crippen LogP contribution in [0.15, 0.2) is 29.1 Å². The van der Waals surface area contributed by atoms with Gasteiger partial charge in [-0.05, 0) is 19.1 Å². The molecule has 0 spiro atoms. The first-order valence-corrected chi connectivity index (χ1v) is 7.03. The number of hydrogen-bond donors (Lipinski definition) is 1. The van der Waals surface area contributed by atoms with Gasteiger partial charge in [0, 0.05) is 18.2 Å². The van der Waals surface area contributed by atoms with Gasteiger partial charge in [-0.1, -0.05) is 29.3 Å². The molecule has 0 radical (unpaired) electrons. The molecule has 0 amide bonds. The van der Waals surface area contributed by atoms with E-state index in [-0.39, 0.29) is 21.4 Å². The standard InChI is InChI=1S/C15H10Cl2N2O3/c1-2-19-12(17)6-11(20)13(15(21)22)14(19)8-3-4-10(16)9(5-8)7-18/h3-6H,2H2,1H3,(H,21,22). The molecule has 0 bridgehead atoms. The van der Waals surface area contributed by atoms with Crippen molar-refractivity contribution >= 4 is 29.2 Å². The number of carbonyl (C=O) groups is 1. The van der Waals surface area contributed by atoms with Crippen molar-refractivity contribution in [3.05, 3.63) is 55.8 Å². The predicted molar refractivity (Wildman–Crippen MR) is 83.5 cm³/mol. The van der Waals surface area contributed by atoms with Crippen molar-refractivity contribution in [1.82, 2.24) is 4.57 Å². The maximum Gasteiger partial charge on any atom is 0.341 e. The first kappa shape index (κ1) is 16.1. The smallest absolute Gasteiger partial charge is 0.341 e. The second-order valence-electron chi connectivity index (χ2n) is 4.41. The lowest BCUT2D eigenvalue weighted by atomic mass is 10.0. The molecule has 0 saturated heterocycles. The van der Waals surface area contributed by atoms with Crippen molar-refractivity contribution in [2.45, 2.75) is 13.5 Å². The SMILES string of the molecule is CCn1c(Cl)cc(=O)c(C(=O)O)c1-c1ccc(Cl)c(C#N)c1. The molecule has 0 aliphatic rings. The third kappa shape index (κ3) is 2.71. The largest absolute Gasteiger partial charge is 0.477 e. The first-order chi connectivity index (χ1) is 10.4. The number of aromatic carboxylic acids is 1. The van der Waals surface area contributed by atoms with Crippen LogP contribution in [0.5, 0.6) is 0 Å². The van der Waals surface area contributed by atoms with Gasteiger partial charge in [0.05, 0.1) is 16.3 Å². The topological polar surface area (TPSA) is 83.1 Å². The molecule has 112 valence electrons. The molecule has 1 aromatic carbocycles. The molecule has 0 fully saturated rings. The van der Waals surface area contributed by atoms with Crippen LogP contribution in [-0.2, 0) is 6.54 Å². The number of pyridine rings is 1. The van der Waals surface area contributed by atoms with Gasteiger partial charge in [0.15, 0.2) is 5.43 Å². The van der Waals surface area contributed by atoms with Crippen molar-refractivity contribution in [3.63, 3.8) is 0 Å². The lowest BCUT2D eigenvalue weighted by Gasteiger charge is -2.16. The summed E-state index contributed by atoms with van der Waals surface area (Å²) in [5, 5.41) is 18.8. The fraction of sp³-hybridized carbons (Fsp3) is 0.133. The minimum Gasteiger partial charge on any atom is -0.477 e. The molecule has 22 heavy (non-hydrogen) atoms. The van der Waals surface area contributed by atoms with Crippen LogP contribution in [0.4, 0.5) is 0 Å². The third-order valence-corrected chi connectivity index (χ3v) is 3.79. The highest BCUT2D eigenvalue weighted by atomic mass is 35.5. The summed E-state index contributed by atoms with van der Waals surface area (Å²) in [4.78, 5) is 23.5. The number of benzene rings is 1. The molecular weight excluding hydrogens is 327 g/mol. The molecule has 0 aliphatic heterocycles. The molecule has 0 unspecified atom stereocenters. The van der Waals surface area contributed by atoms with Crippen LogP contribution < -0.4 is 5.43 Å². The number of nitriles is 1. The zero-order valence-electron chi connectivity index (χ0n) is 11.4. The Morgan fingerprint density at radius 3 is 2.59 bits per heavy atom. The van der Waals surface area contributed by atoms with E-state index >= 15 is 0 Å². The van der Waals surface area contributed by atoms with Crippen LogP contribution in [0.3, 0.4) is 0 Å². The highest BCUT2D eigenvalue weighted by Crippen LogP contribution is 2.28. The number of aromatic nitrogens is 1. The summed E-state index contributed by atoms with van der Waals surface area (Å²) in [5.74, 6) is -1.35. The zero-order valence-corrected chi connectivity index (χ0v) is 12.9. The van der Waals surface area contributed by atoms with Gasteiger partial charge in [-0.25, -0.2) is 4.79 Å². The second-order valence-corrected chi connectivity index (χ2v) is 5.21. The number of nitrogens with zero attached hydrogens (tertiary/aromatic N) is 2. The van der Waals surface area contributed by atoms with Gasteiger partial charge >= 0.3 is 5.97 Å². The summed E-state index contributed by atoms with van der Waals surface area (Å²) >= 11 is 11.9. The molecule has 0 saturated carbocycles. The first-order valence-electron chi connectivity index (χ1n) is 6.27. The number of rotatable bonds is 3. The predicted octanol–water partition coefficient (Wildman–Crippen LogP) is 3.41.